The highest BCUT2D eigenvalue weighted by atomic mass is 16.6. The summed E-state index contributed by atoms with van der Waals surface area (Å²) < 4.78 is 5.30. The van der Waals surface area contributed by atoms with Crippen LogP contribution in [0.4, 0.5) is 4.79 Å². The van der Waals surface area contributed by atoms with Gasteiger partial charge >= 0.3 is 6.09 Å². The van der Waals surface area contributed by atoms with E-state index in [9.17, 15) is 9.90 Å². The second kappa shape index (κ2) is 5.53. The molecule has 1 amide bonds. The van der Waals surface area contributed by atoms with Gasteiger partial charge < -0.3 is 20.5 Å². The number of carbonyl (C=O) groups excluding carboxylic acids is 1. The van der Waals surface area contributed by atoms with E-state index in [1.54, 1.807) is 0 Å². The highest BCUT2D eigenvalue weighted by molar-refractivity contribution is 5.69. The maximum absolute atomic E-state index is 11.9. The highest BCUT2D eigenvalue weighted by Crippen LogP contribution is 2.34. The molecule has 1 heterocycles. The van der Waals surface area contributed by atoms with E-state index in [4.69, 9.17) is 10.5 Å². The zero-order valence-corrected chi connectivity index (χ0v) is 12.9. The predicted octanol–water partition coefficient (Wildman–Crippen LogP) is 1.88. The lowest BCUT2D eigenvalue weighted by molar-refractivity contribution is -0.123. The van der Waals surface area contributed by atoms with Gasteiger partial charge in [-0.05, 0) is 39.5 Å². The number of amides is 1. The minimum absolute atomic E-state index is 0.235. The predicted molar refractivity (Wildman–Crippen MR) is 77.3 cm³/mol. The number of nitrogens with zero attached hydrogens (tertiary/aromatic N) is 1. The van der Waals surface area contributed by atoms with Crippen LogP contribution in [0.3, 0.4) is 0 Å². The molecule has 0 radical (unpaired) electrons. The zero-order chi connectivity index (χ0) is 15.0. The minimum atomic E-state index is -0.932. The first kappa shape index (κ1) is 15.6. The maximum Gasteiger partial charge on any atom is 0.410 e. The fourth-order valence-corrected chi connectivity index (χ4v) is 3.21. The van der Waals surface area contributed by atoms with Crippen molar-refractivity contribution in [2.45, 2.75) is 70.1 Å². The van der Waals surface area contributed by atoms with Gasteiger partial charge in [-0.25, -0.2) is 4.79 Å². The van der Waals surface area contributed by atoms with Crippen molar-refractivity contribution in [3.05, 3.63) is 0 Å². The third kappa shape index (κ3) is 3.44. The summed E-state index contributed by atoms with van der Waals surface area (Å²) in [5.74, 6) is 0.384. The van der Waals surface area contributed by atoms with Gasteiger partial charge in [0.05, 0.1) is 13.1 Å². The number of rotatable bonds is 2. The Labute approximate surface area is 121 Å². The molecule has 1 aliphatic carbocycles. The molecule has 2 fully saturated rings. The Hall–Kier alpha value is -0.810. The Bertz CT molecular complexity index is 353. The standard InChI is InChI=1S/C15H28N2O3/c1-14(2,3)20-13(18)17-9-15(19,10-17)12(16)11-7-5-4-6-8-11/h11-12,19H,4-10,16H2,1-3H3. The Morgan fingerprint density at radius 2 is 1.85 bits per heavy atom. The fourth-order valence-electron chi connectivity index (χ4n) is 3.21. The van der Waals surface area contributed by atoms with Gasteiger partial charge in [-0.3, -0.25) is 0 Å². The summed E-state index contributed by atoms with van der Waals surface area (Å²) in [6, 6.07) is -0.235. The minimum Gasteiger partial charge on any atom is -0.444 e. The molecule has 1 atom stereocenters. The zero-order valence-electron chi connectivity index (χ0n) is 12.9. The third-order valence-electron chi connectivity index (χ3n) is 4.36. The first-order chi connectivity index (χ1) is 9.21. The van der Waals surface area contributed by atoms with Crippen molar-refractivity contribution < 1.29 is 14.6 Å². The van der Waals surface area contributed by atoms with Gasteiger partial charge in [0.2, 0.25) is 0 Å². The number of β-amino-alcohol motifs (C(OH)–C–C–N with tert-alkyl or cyclic N) is 1. The third-order valence-corrected chi connectivity index (χ3v) is 4.36. The van der Waals surface area contributed by atoms with Crippen LogP contribution in [0.5, 0.6) is 0 Å². The van der Waals surface area contributed by atoms with Crippen LogP contribution >= 0.6 is 0 Å². The van der Waals surface area contributed by atoms with E-state index < -0.39 is 11.2 Å². The molecule has 0 bridgehead atoms. The van der Waals surface area contributed by atoms with Gasteiger partial charge in [-0.2, -0.15) is 0 Å². The summed E-state index contributed by atoms with van der Waals surface area (Å²) in [5.41, 5.74) is 4.81. The molecule has 5 heteroatoms. The molecule has 3 N–H and O–H groups in total. The fraction of sp³-hybridized carbons (Fsp3) is 0.933. The van der Waals surface area contributed by atoms with E-state index in [0.29, 0.717) is 19.0 Å². The largest absolute Gasteiger partial charge is 0.444 e. The van der Waals surface area contributed by atoms with Crippen molar-refractivity contribution in [1.82, 2.24) is 4.90 Å². The van der Waals surface area contributed by atoms with Crippen LogP contribution in [-0.2, 0) is 4.74 Å². The molecule has 1 unspecified atom stereocenters. The van der Waals surface area contributed by atoms with Crippen LogP contribution in [0, 0.1) is 5.92 Å². The Balaban J connectivity index is 1.85. The number of hydrogen-bond acceptors (Lipinski definition) is 4. The Morgan fingerprint density at radius 1 is 1.30 bits per heavy atom. The van der Waals surface area contributed by atoms with E-state index in [-0.39, 0.29) is 12.1 Å². The molecule has 5 nitrogen and oxygen atoms in total. The topological polar surface area (TPSA) is 75.8 Å². The van der Waals surface area contributed by atoms with Crippen molar-refractivity contribution in [1.29, 1.82) is 0 Å². The van der Waals surface area contributed by atoms with Crippen molar-refractivity contribution in [3.8, 4) is 0 Å². The van der Waals surface area contributed by atoms with E-state index in [1.807, 2.05) is 20.8 Å². The summed E-state index contributed by atoms with van der Waals surface area (Å²) in [4.78, 5) is 13.4. The van der Waals surface area contributed by atoms with Crippen LogP contribution in [0.15, 0.2) is 0 Å². The lowest BCUT2D eigenvalue weighted by Crippen LogP contribution is -2.72. The Kier molecular flexibility index (Phi) is 4.30. The normalized spacial score (nSPS) is 24.9. The number of likely N-dealkylation sites (tertiary alicyclic amines) is 1. The number of hydrogen-bond donors (Lipinski definition) is 2. The molecule has 0 aromatic heterocycles. The van der Waals surface area contributed by atoms with Crippen molar-refractivity contribution in [2.24, 2.45) is 11.7 Å². The molecular formula is C15H28N2O3. The lowest BCUT2D eigenvalue weighted by Gasteiger charge is -2.51. The number of ether oxygens (including phenoxy) is 1. The molecule has 1 saturated heterocycles. The SMILES string of the molecule is CC(C)(C)OC(=O)N1CC(O)(C(N)C2CCCCC2)C1. The van der Waals surface area contributed by atoms with Crippen molar-refractivity contribution in [2.75, 3.05) is 13.1 Å². The second-order valence-electron chi connectivity index (χ2n) is 7.36. The molecule has 0 aromatic carbocycles. The molecule has 0 spiro atoms. The van der Waals surface area contributed by atoms with Crippen molar-refractivity contribution in [3.63, 3.8) is 0 Å². The summed E-state index contributed by atoms with van der Waals surface area (Å²) in [6.07, 6.45) is 5.49. The molecule has 20 heavy (non-hydrogen) atoms. The van der Waals surface area contributed by atoms with Gasteiger partial charge in [0.15, 0.2) is 0 Å². The van der Waals surface area contributed by atoms with E-state index >= 15 is 0 Å². The first-order valence-corrected chi connectivity index (χ1v) is 7.67. The van der Waals surface area contributed by atoms with Gasteiger partial charge in [-0.15, -0.1) is 0 Å². The summed E-state index contributed by atoms with van der Waals surface area (Å²) in [6.45, 7) is 6.10. The molecular weight excluding hydrogens is 256 g/mol. The average Bonchev–Trinajstić information content (AvgIpc) is 2.33. The monoisotopic (exact) mass is 284 g/mol. The van der Waals surface area contributed by atoms with Crippen molar-refractivity contribution >= 4 is 6.09 Å². The average molecular weight is 284 g/mol. The maximum atomic E-state index is 11.9. The van der Waals surface area contributed by atoms with Crippen LogP contribution < -0.4 is 5.73 Å². The van der Waals surface area contributed by atoms with Gasteiger partial charge in [0.1, 0.15) is 11.2 Å². The smallest absolute Gasteiger partial charge is 0.410 e. The van der Waals surface area contributed by atoms with Gasteiger partial charge in [-0.1, -0.05) is 19.3 Å². The van der Waals surface area contributed by atoms with Crippen LogP contribution in [-0.4, -0.2) is 46.4 Å². The molecule has 2 rings (SSSR count). The van der Waals surface area contributed by atoms with E-state index in [1.165, 1.54) is 24.2 Å². The Morgan fingerprint density at radius 3 is 2.35 bits per heavy atom. The second-order valence-corrected chi connectivity index (χ2v) is 7.36. The summed E-state index contributed by atoms with van der Waals surface area (Å²) in [5, 5.41) is 10.6. The highest BCUT2D eigenvalue weighted by Gasteiger charge is 2.51. The van der Waals surface area contributed by atoms with E-state index in [2.05, 4.69) is 0 Å². The molecule has 1 saturated carbocycles. The first-order valence-electron chi connectivity index (χ1n) is 7.67. The quantitative estimate of drug-likeness (QED) is 0.811. The molecule has 0 aromatic rings. The summed E-state index contributed by atoms with van der Waals surface area (Å²) >= 11 is 0. The van der Waals surface area contributed by atoms with Crippen LogP contribution in [0.2, 0.25) is 0 Å². The number of nitrogens with two attached hydrogens (primary N) is 1. The molecule has 2 aliphatic rings. The van der Waals surface area contributed by atoms with Crippen LogP contribution in [0.25, 0.3) is 0 Å². The molecule has 1 aliphatic heterocycles. The summed E-state index contributed by atoms with van der Waals surface area (Å²) in [7, 11) is 0. The van der Waals surface area contributed by atoms with Gasteiger partial charge in [0.25, 0.3) is 0 Å². The van der Waals surface area contributed by atoms with Crippen LogP contribution in [0.1, 0.15) is 52.9 Å². The number of aliphatic hydroxyl groups is 1. The van der Waals surface area contributed by atoms with E-state index in [0.717, 1.165) is 12.8 Å². The lowest BCUT2D eigenvalue weighted by atomic mass is 9.74. The van der Waals surface area contributed by atoms with Gasteiger partial charge in [0, 0.05) is 6.04 Å². The molecule has 116 valence electrons. The number of carbonyl (C=O) groups is 1.